The molecule has 2 aromatic carbocycles. The second kappa shape index (κ2) is 9.00. The molecule has 0 radical (unpaired) electrons. The largest absolute Gasteiger partial charge is 0.496 e. The van der Waals surface area contributed by atoms with Gasteiger partial charge in [0.05, 0.1) is 25.3 Å². The predicted octanol–water partition coefficient (Wildman–Crippen LogP) is 2.72. The van der Waals surface area contributed by atoms with Crippen molar-refractivity contribution in [2.75, 3.05) is 14.2 Å². The third-order valence-corrected chi connectivity index (χ3v) is 5.13. The van der Waals surface area contributed by atoms with E-state index in [0.29, 0.717) is 15.7 Å². The number of nitrogens with zero attached hydrogens (tertiary/aromatic N) is 2. The highest BCUT2D eigenvalue weighted by molar-refractivity contribution is 7.89. The minimum Gasteiger partial charge on any atom is -0.496 e. The van der Waals surface area contributed by atoms with Crippen LogP contribution in [0.2, 0.25) is 0 Å². The highest BCUT2D eigenvalue weighted by atomic mass is 32.2. The van der Waals surface area contributed by atoms with E-state index in [-0.39, 0.29) is 4.90 Å². The molecule has 0 unspecified atom stereocenters. The van der Waals surface area contributed by atoms with E-state index in [9.17, 15) is 13.2 Å². The number of hydrazone groups is 1. The number of carbonyl (C=O) groups excluding carboxylic acids is 1. The van der Waals surface area contributed by atoms with Crippen LogP contribution in [0, 0.1) is 6.92 Å². The molecule has 0 aliphatic carbocycles. The molecule has 0 fully saturated rings. The number of para-hydroxylation sites is 1. The fourth-order valence-electron chi connectivity index (χ4n) is 2.08. The zero-order valence-corrected chi connectivity index (χ0v) is 16.0. The van der Waals surface area contributed by atoms with E-state index in [2.05, 4.69) is 9.84 Å². The van der Waals surface area contributed by atoms with Gasteiger partial charge in [-0.1, -0.05) is 29.8 Å². The Kier molecular flexibility index (Phi) is 6.73. The number of hydrogen-bond donors (Lipinski definition) is 0. The maximum Gasteiger partial charge on any atom is 0.332 e. The van der Waals surface area contributed by atoms with Gasteiger partial charge in [-0.15, -0.1) is 0 Å². The number of sulfonamides is 1. The zero-order valence-electron chi connectivity index (χ0n) is 15.2. The summed E-state index contributed by atoms with van der Waals surface area (Å²) in [6.07, 6.45) is 3.35. The van der Waals surface area contributed by atoms with Crippen LogP contribution in [-0.4, -0.2) is 39.2 Å². The number of esters is 1. The molecule has 8 heteroatoms. The molecule has 7 nitrogen and oxygen atoms in total. The lowest BCUT2D eigenvalue weighted by Gasteiger charge is -2.15. The van der Waals surface area contributed by atoms with Crippen LogP contribution in [0.25, 0.3) is 0 Å². The maximum absolute atomic E-state index is 12.9. The van der Waals surface area contributed by atoms with Crippen molar-refractivity contribution >= 4 is 22.2 Å². The highest BCUT2D eigenvalue weighted by Crippen LogP contribution is 2.19. The molecule has 142 valence electrons. The lowest BCUT2D eigenvalue weighted by molar-refractivity contribution is -0.134. The van der Waals surface area contributed by atoms with E-state index < -0.39 is 16.0 Å². The van der Waals surface area contributed by atoms with Gasteiger partial charge in [0, 0.05) is 17.8 Å². The van der Waals surface area contributed by atoms with E-state index >= 15 is 0 Å². The summed E-state index contributed by atoms with van der Waals surface area (Å²) in [5.74, 6) is -0.169. The highest BCUT2D eigenvalue weighted by Gasteiger charge is 2.21. The number of hydrogen-bond acceptors (Lipinski definition) is 6. The van der Waals surface area contributed by atoms with Crippen LogP contribution in [0.4, 0.5) is 0 Å². The molecule has 0 saturated carbocycles. The van der Waals surface area contributed by atoms with E-state index in [1.54, 1.807) is 36.4 Å². The van der Waals surface area contributed by atoms with Crippen molar-refractivity contribution in [3.05, 3.63) is 71.9 Å². The van der Waals surface area contributed by atoms with Crippen LogP contribution in [0.5, 0.6) is 5.75 Å². The summed E-state index contributed by atoms with van der Waals surface area (Å²) in [7, 11) is -1.31. The van der Waals surface area contributed by atoms with Gasteiger partial charge in [0.15, 0.2) is 0 Å². The van der Waals surface area contributed by atoms with Gasteiger partial charge in [0.2, 0.25) is 0 Å². The first-order valence-corrected chi connectivity index (χ1v) is 9.36. The number of carbonyl (C=O) groups is 1. The molecular weight excluding hydrogens is 368 g/mol. The Labute approximate surface area is 158 Å². The second-order valence-electron chi connectivity index (χ2n) is 5.42. The third kappa shape index (κ3) is 5.18. The van der Waals surface area contributed by atoms with Crippen LogP contribution >= 0.6 is 0 Å². The van der Waals surface area contributed by atoms with Crippen LogP contribution in [-0.2, 0) is 19.6 Å². The molecule has 0 aliphatic heterocycles. The monoisotopic (exact) mass is 388 g/mol. The number of benzene rings is 2. The third-order valence-electron chi connectivity index (χ3n) is 3.55. The molecule has 0 saturated heterocycles. The fraction of sp³-hybridized carbons (Fsp3) is 0.158. The number of rotatable bonds is 7. The Morgan fingerprint density at radius 3 is 2.37 bits per heavy atom. The van der Waals surface area contributed by atoms with Gasteiger partial charge in [-0.3, -0.25) is 0 Å². The molecule has 0 amide bonds. The zero-order chi connectivity index (χ0) is 19.9. The van der Waals surface area contributed by atoms with Crippen LogP contribution < -0.4 is 4.74 Å². The Hall–Kier alpha value is -3.13. The first kappa shape index (κ1) is 20.2. The van der Waals surface area contributed by atoms with Gasteiger partial charge >= 0.3 is 5.97 Å². The maximum atomic E-state index is 12.9. The smallest absolute Gasteiger partial charge is 0.332 e. The van der Waals surface area contributed by atoms with Crippen molar-refractivity contribution < 1.29 is 22.7 Å². The summed E-state index contributed by atoms with van der Waals surface area (Å²) in [5, 5.41) is 4.03. The lowest BCUT2D eigenvalue weighted by atomic mass is 10.2. The summed E-state index contributed by atoms with van der Waals surface area (Å²) in [6, 6.07) is 13.3. The Morgan fingerprint density at radius 2 is 1.74 bits per heavy atom. The molecule has 0 spiro atoms. The normalized spacial score (nSPS) is 11.7. The minimum atomic E-state index is -4.01. The molecule has 0 atom stereocenters. The van der Waals surface area contributed by atoms with Crippen molar-refractivity contribution in [1.29, 1.82) is 0 Å². The number of aryl methyl sites for hydroxylation is 1. The summed E-state index contributed by atoms with van der Waals surface area (Å²) in [6.45, 7) is 1.85. The number of ether oxygens (including phenoxy) is 2. The fourth-order valence-corrected chi connectivity index (χ4v) is 3.17. The minimum absolute atomic E-state index is 0.0415. The van der Waals surface area contributed by atoms with Crippen molar-refractivity contribution in [3.8, 4) is 5.75 Å². The Morgan fingerprint density at radius 1 is 1.07 bits per heavy atom. The summed E-state index contributed by atoms with van der Waals surface area (Å²) >= 11 is 0. The van der Waals surface area contributed by atoms with Crippen molar-refractivity contribution in [3.63, 3.8) is 0 Å². The van der Waals surface area contributed by atoms with E-state index in [4.69, 9.17) is 4.74 Å². The lowest BCUT2D eigenvalue weighted by Crippen LogP contribution is -2.21. The first-order chi connectivity index (χ1) is 12.9. The SMILES string of the molecule is COC(=O)/C=C\N(/N=C/c1ccccc1OC)S(=O)(=O)c1ccc(C)cc1. The number of methoxy groups -OCH3 is 2. The average Bonchev–Trinajstić information content (AvgIpc) is 2.68. The summed E-state index contributed by atoms with van der Waals surface area (Å²) < 4.78 is 36.2. The van der Waals surface area contributed by atoms with Gasteiger partial charge in [-0.2, -0.15) is 17.9 Å². The molecule has 2 rings (SSSR count). The molecular formula is C19H20N2O5S. The van der Waals surface area contributed by atoms with Gasteiger partial charge in [0.25, 0.3) is 10.0 Å². The standard InChI is InChI=1S/C19H20N2O5S/c1-15-8-10-17(11-9-15)27(23,24)21(13-12-19(22)26-3)20-14-16-6-4-5-7-18(16)25-2/h4-14H,1-3H3/b13-12-,20-14+. The van der Waals surface area contributed by atoms with Gasteiger partial charge < -0.3 is 9.47 Å². The van der Waals surface area contributed by atoms with Crippen LogP contribution in [0.15, 0.2) is 70.8 Å². The Bertz CT molecular complexity index is 950. The van der Waals surface area contributed by atoms with Gasteiger partial charge in [-0.05, 0) is 31.2 Å². The van der Waals surface area contributed by atoms with Crippen molar-refractivity contribution in [2.24, 2.45) is 5.10 Å². The molecule has 0 heterocycles. The summed E-state index contributed by atoms with van der Waals surface area (Å²) in [4.78, 5) is 11.4. The first-order valence-electron chi connectivity index (χ1n) is 7.92. The second-order valence-corrected chi connectivity index (χ2v) is 7.21. The molecule has 0 aromatic heterocycles. The summed E-state index contributed by atoms with van der Waals surface area (Å²) in [5.41, 5.74) is 1.50. The van der Waals surface area contributed by atoms with E-state index in [1.807, 2.05) is 6.92 Å². The van der Waals surface area contributed by atoms with Gasteiger partial charge in [-0.25, -0.2) is 4.79 Å². The quantitative estimate of drug-likeness (QED) is 0.315. The molecule has 27 heavy (non-hydrogen) atoms. The Balaban J connectivity index is 2.44. The van der Waals surface area contributed by atoms with Crippen molar-refractivity contribution in [2.45, 2.75) is 11.8 Å². The van der Waals surface area contributed by atoms with Crippen molar-refractivity contribution in [1.82, 2.24) is 4.41 Å². The molecule has 0 aliphatic rings. The molecule has 2 aromatic rings. The topological polar surface area (TPSA) is 85.3 Å². The van der Waals surface area contributed by atoms with Gasteiger partial charge in [0.1, 0.15) is 5.75 Å². The van der Waals surface area contributed by atoms with E-state index in [0.717, 1.165) is 17.8 Å². The predicted molar refractivity (Wildman–Crippen MR) is 102 cm³/mol. The molecule has 0 N–H and O–H groups in total. The van der Waals surface area contributed by atoms with E-state index in [1.165, 1.54) is 32.6 Å². The molecule has 0 bridgehead atoms. The van der Waals surface area contributed by atoms with Crippen LogP contribution in [0.1, 0.15) is 11.1 Å². The average molecular weight is 388 g/mol. The van der Waals surface area contributed by atoms with Crippen LogP contribution in [0.3, 0.4) is 0 Å².